The smallest absolute Gasteiger partial charge is 0.262 e. The Bertz CT molecular complexity index is 856. The van der Waals surface area contributed by atoms with Gasteiger partial charge in [0.25, 0.3) is 5.91 Å². The van der Waals surface area contributed by atoms with E-state index in [0.717, 1.165) is 4.31 Å². The maximum absolute atomic E-state index is 13.3. The molecule has 146 valence electrons. The minimum Gasteiger partial charge on any atom is -0.508 e. The van der Waals surface area contributed by atoms with Crippen LogP contribution in [-0.4, -0.2) is 40.0 Å². The molecule has 1 amide bonds. The topological polar surface area (TPSA) is 120 Å². The molecule has 2 aromatic rings. The molecule has 27 heavy (non-hydrogen) atoms. The number of aromatic hydroxyl groups is 1. The Morgan fingerprint density at radius 2 is 1.93 bits per heavy atom. The molecule has 1 heterocycles. The van der Waals surface area contributed by atoms with Crippen LogP contribution in [0.4, 0.5) is 0 Å². The van der Waals surface area contributed by atoms with Crippen molar-refractivity contribution >= 4 is 15.9 Å². The van der Waals surface area contributed by atoms with Crippen LogP contribution in [0.1, 0.15) is 25.8 Å². The number of benzene rings is 1. The van der Waals surface area contributed by atoms with Gasteiger partial charge in [-0.1, -0.05) is 26.3 Å². The van der Waals surface area contributed by atoms with Crippen LogP contribution >= 0.6 is 0 Å². The lowest BCUT2D eigenvalue weighted by Crippen LogP contribution is -2.51. The van der Waals surface area contributed by atoms with Gasteiger partial charge in [0.05, 0.1) is 4.90 Å². The average molecular weight is 393 g/mol. The van der Waals surface area contributed by atoms with Gasteiger partial charge in [0, 0.05) is 18.9 Å². The molecule has 0 aliphatic carbocycles. The highest BCUT2D eigenvalue weighted by Crippen LogP contribution is 2.27. The Morgan fingerprint density at radius 3 is 2.44 bits per heavy atom. The molecule has 2 atom stereocenters. The summed E-state index contributed by atoms with van der Waals surface area (Å²) in [6, 6.07) is 7.32. The first kappa shape index (κ1) is 20.8. The summed E-state index contributed by atoms with van der Waals surface area (Å²) in [5.41, 5.74) is 2.17. The summed E-state index contributed by atoms with van der Waals surface area (Å²) in [6.45, 7) is 3.47. The van der Waals surface area contributed by atoms with E-state index in [2.05, 4.69) is 4.98 Å². The number of sulfonamides is 1. The van der Waals surface area contributed by atoms with Crippen molar-refractivity contribution in [1.29, 1.82) is 0 Å². The maximum Gasteiger partial charge on any atom is 0.262 e. The van der Waals surface area contributed by atoms with E-state index < -0.39 is 22.0 Å². The molecule has 0 aliphatic rings. The van der Waals surface area contributed by atoms with Crippen LogP contribution < -0.4 is 5.48 Å². The third-order valence-electron chi connectivity index (χ3n) is 4.38. The van der Waals surface area contributed by atoms with Gasteiger partial charge in [-0.25, -0.2) is 13.9 Å². The quantitative estimate of drug-likeness (QED) is 0.465. The minimum atomic E-state index is -4.10. The Morgan fingerprint density at radius 1 is 1.26 bits per heavy atom. The molecule has 8 nitrogen and oxygen atoms in total. The summed E-state index contributed by atoms with van der Waals surface area (Å²) in [7, 11) is -4.10. The normalized spacial score (nSPS) is 13.9. The summed E-state index contributed by atoms with van der Waals surface area (Å²) >= 11 is 0. The van der Waals surface area contributed by atoms with E-state index in [4.69, 9.17) is 0 Å². The van der Waals surface area contributed by atoms with Gasteiger partial charge in [0.2, 0.25) is 10.0 Å². The molecule has 2 rings (SSSR count). The predicted molar refractivity (Wildman–Crippen MR) is 98.2 cm³/mol. The van der Waals surface area contributed by atoms with E-state index in [1.54, 1.807) is 30.7 Å². The van der Waals surface area contributed by atoms with Crippen LogP contribution in [-0.2, 0) is 21.4 Å². The molecule has 0 fully saturated rings. The molecule has 0 saturated heterocycles. The van der Waals surface area contributed by atoms with Gasteiger partial charge in [-0.05, 0) is 41.8 Å². The van der Waals surface area contributed by atoms with Gasteiger partial charge >= 0.3 is 0 Å². The molecule has 3 N–H and O–H groups in total. The lowest BCUT2D eigenvalue weighted by Gasteiger charge is -2.33. The number of phenols is 1. The first-order chi connectivity index (χ1) is 12.8. The molecule has 0 spiro atoms. The van der Waals surface area contributed by atoms with Gasteiger partial charge in [-0.3, -0.25) is 15.0 Å². The van der Waals surface area contributed by atoms with Crippen molar-refractivity contribution in [1.82, 2.24) is 14.8 Å². The highest BCUT2D eigenvalue weighted by atomic mass is 32.2. The van der Waals surface area contributed by atoms with Gasteiger partial charge in [0.15, 0.2) is 0 Å². The van der Waals surface area contributed by atoms with Crippen LogP contribution in [0.5, 0.6) is 5.75 Å². The van der Waals surface area contributed by atoms with E-state index >= 15 is 0 Å². The average Bonchev–Trinajstić information content (AvgIpc) is 2.68. The van der Waals surface area contributed by atoms with Crippen LogP contribution in [0.25, 0.3) is 0 Å². The zero-order chi connectivity index (χ0) is 20.0. The number of phenolic OH excluding ortho intramolecular Hbond substituents is 1. The number of rotatable bonds is 8. The molecule has 0 aliphatic heterocycles. The van der Waals surface area contributed by atoms with Gasteiger partial charge in [0.1, 0.15) is 11.8 Å². The first-order valence-corrected chi connectivity index (χ1v) is 9.89. The maximum atomic E-state index is 13.3. The lowest BCUT2D eigenvalue weighted by atomic mass is 9.98. The molecule has 1 aromatic heterocycles. The van der Waals surface area contributed by atoms with Crippen molar-refractivity contribution in [2.24, 2.45) is 5.92 Å². The third kappa shape index (κ3) is 4.82. The molecular formula is C18H23N3O5S. The Kier molecular flexibility index (Phi) is 6.89. The van der Waals surface area contributed by atoms with Crippen LogP contribution in [0.2, 0.25) is 0 Å². The summed E-state index contributed by atoms with van der Waals surface area (Å²) in [5.74, 6) is -1.24. The fourth-order valence-corrected chi connectivity index (χ4v) is 4.39. The second kappa shape index (κ2) is 8.94. The second-order valence-corrected chi connectivity index (χ2v) is 8.10. The zero-order valence-electron chi connectivity index (χ0n) is 15.1. The third-order valence-corrected chi connectivity index (χ3v) is 6.22. The standard InChI is InChI=1S/C18H23N3O5S/c1-3-13(2)17(18(23)20-24)21(12-14-5-4-10-19-11-14)27(25,26)16-8-6-15(22)7-9-16/h4-11,13,17,22,24H,3,12H2,1-2H3,(H,20,23)/t13?,17-/m1/s1. The second-order valence-electron chi connectivity index (χ2n) is 6.21. The van der Waals surface area contributed by atoms with E-state index in [1.165, 1.54) is 30.5 Å². The van der Waals surface area contributed by atoms with E-state index in [1.807, 2.05) is 6.92 Å². The Hall–Kier alpha value is -2.49. The van der Waals surface area contributed by atoms with Crippen molar-refractivity contribution in [3.63, 3.8) is 0 Å². The van der Waals surface area contributed by atoms with Crippen LogP contribution in [0.3, 0.4) is 0 Å². The number of nitrogens with one attached hydrogen (secondary N) is 1. The molecule has 0 bridgehead atoms. The fraction of sp³-hybridized carbons (Fsp3) is 0.333. The van der Waals surface area contributed by atoms with E-state index in [0.29, 0.717) is 12.0 Å². The first-order valence-electron chi connectivity index (χ1n) is 8.45. The Balaban J connectivity index is 2.56. The van der Waals surface area contributed by atoms with Gasteiger partial charge in [-0.2, -0.15) is 4.31 Å². The molecule has 0 radical (unpaired) electrons. The van der Waals surface area contributed by atoms with Crippen LogP contribution in [0.15, 0.2) is 53.7 Å². The molecule has 0 saturated carbocycles. The SMILES string of the molecule is CCC(C)[C@H](C(=O)NO)N(Cc1cccnc1)S(=O)(=O)c1ccc(O)cc1. The summed E-state index contributed by atoms with van der Waals surface area (Å²) in [6.07, 6.45) is 3.60. The van der Waals surface area contributed by atoms with Crippen molar-refractivity contribution < 1.29 is 23.5 Å². The monoisotopic (exact) mass is 393 g/mol. The summed E-state index contributed by atoms with van der Waals surface area (Å²) in [4.78, 5) is 16.3. The number of nitrogens with zero attached hydrogens (tertiary/aromatic N) is 2. The fourth-order valence-electron chi connectivity index (χ4n) is 2.72. The molecular weight excluding hydrogens is 370 g/mol. The lowest BCUT2D eigenvalue weighted by molar-refractivity contribution is -0.135. The highest BCUT2D eigenvalue weighted by molar-refractivity contribution is 7.89. The van der Waals surface area contributed by atoms with E-state index in [-0.39, 0.29) is 23.1 Å². The van der Waals surface area contributed by atoms with E-state index in [9.17, 15) is 23.5 Å². The number of pyridine rings is 1. The molecule has 1 aromatic carbocycles. The number of aromatic nitrogens is 1. The number of amides is 1. The highest BCUT2D eigenvalue weighted by Gasteiger charge is 2.38. The summed E-state index contributed by atoms with van der Waals surface area (Å²) < 4.78 is 27.6. The van der Waals surface area contributed by atoms with Gasteiger partial charge in [-0.15, -0.1) is 0 Å². The predicted octanol–water partition coefficient (Wildman–Crippen LogP) is 1.90. The Labute approximate surface area is 158 Å². The van der Waals surface area contributed by atoms with Crippen LogP contribution in [0, 0.1) is 5.92 Å². The van der Waals surface area contributed by atoms with Crippen molar-refractivity contribution in [3.8, 4) is 5.75 Å². The number of carbonyl (C=O) groups is 1. The number of hydrogen-bond acceptors (Lipinski definition) is 6. The van der Waals surface area contributed by atoms with Crippen molar-refractivity contribution in [3.05, 3.63) is 54.4 Å². The molecule has 9 heteroatoms. The summed E-state index contributed by atoms with van der Waals surface area (Å²) in [5, 5.41) is 18.6. The van der Waals surface area contributed by atoms with Gasteiger partial charge < -0.3 is 5.11 Å². The number of hydrogen-bond donors (Lipinski definition) is 3. The van der Waals surface area contributed by atoms with Crippen molar-refractivity contribution in [2.75, 3.05) is 0 Å². The van der Waals surface area contributed by atoms with Crippen molar-refractivity contribution in [2.45, 2.75) is 37.8 Å². The number of carbonyl (C=O) groups excluding carboxylic acids is 1. The zero-order valence-corrected chi connectivity index (χ0v) is 15.9. The molecule has 1 unspecified atom stereocenters. The largest absolute Gasteiger partial charge is 0.508 e. The number of hydroxylamine groups is 1. The minimum absolute atomic E-state index is 0.0665.